The fraction of sp³-hybridized carbons (Fsp3) is 0.125. The van der Waals surface area contributed by atoms with Gasteiger partial charge < -0.3 is 0 Å². The molecule has 2 aliphatic rings. The van der Waals surface area contributed by atoms with Crippen molar-refractivity contribution in [1.82, 2.24) is 0 Å². The molecular formula is C48H34S. The molecule has 9 aromatic rings. The molecular weight excluding hydrogens is 609 g/mol. The predicted octanol–water partition coefficient (Wildman–Crippen LogP) is 13.8. The Bertz CT molecular complexity index is 2930. The van der Waals surface area contributed by atoms with Crippen LogP contribution in [0.4, 0.5) is 0 Å². The molecule has 0 aliphatic heterocycles. The Hall–Kier alpha value is -5.24. The van der Waals surface area contributed by atoms with Crippen LogP contribution in [0.25, 0.3) is 85.9 Å². The molecule has 0 spiro atoms. The molecule has 1 heteroatoms. The number of rotatable bonds is 2. The van der Waals surface area contributed by atoms with Crippen LogP contribution >= 0.6 is 11.3 Å². The Labute approximate surface area is 290 Å². The van der Waals surface area contributed by atoms with Gasteiger partial charge in [-0.15, -0.1) is 11.3 Å². The van der Waals surface area contributed by atoms with Gasteiger partial charge in [0.25, 0.3) is 0 Å². The molecule has 0 atom stereocenters. The first kappa shape index (κ1) is 27.7. The summed E-state index contributed by atoms with van der Waals surface area (Å²) in [5.74, 6) is 0. The van der Waals surface area contributed by atoms with Crippen LogP contribution in [-0.2, 0) is 10.8 Å². The molecule has 1 heterocycles. The van der Waals surface area contributed by atoms with Gasteiger partial charge in [0, 0.05) is 31.0 Å². The van der Waals surface area contributed by atoms with Crippen molar-refractivity contribution in [2.45, 2.75) is 38.5 Å². The maximum atomic E-state index is 2.46. The summed E-state index contributed by atoms with van der Waals surface area (Å²) < 4.78 is 2.72. The van der Waals surface area contributed by atoms with Gasteiger partial charge in [0.2, 0.25) is 0 Å². The number of benzene rings is 8. The van der Waals surface area contributed by atoms with E-state index in [0.29, 0.717) is 0 Å². The van der Waals surface area contributed by atoms with Crippen molar-refractivity contribution in [3.05, 3.63) is 156 Å². The third-order valence-corrected chi connectivity index (χ3v) is 13.3. The zero-order chi connectivity index (χ0) is 32.8. The summed E-state index contributed by atoms with van der Waals surface area (Å²) in [5.41, 5.74) is 13.5. The summed E-state index contributed by atoms with van der Waals surface area (Å²) in [6.07, 6.45) is 0. The highest BCUT2D eigenvalue weighted by atomic mass is 32.1. The monoisotopic (exact) mass is 642 g/mol. The first-order valence-electron chi connectivity index (χ1n) is 17.4. The second-order valence-electron chi connectivity index (χ2n) is 15.3. The van der Waals surface area contributed by atoms with Gasteiger partial charge in [-0.05, 0) is 112 Å². The summed E-state index contributed by atoms with van der Waals surface area (Å²) in [6.45, 7) is 9.52. The van der Waals surface area contributed by atoms with Crippen molar-refractivity contribution in [3.8, 4) is 33.4 Å². The molecule has 0 unspecified atom stereocenters. The summed E-state index contributed by atoms with van der Waals surface area (Å²) in [5, 5.41) is 11.0. The van der Waals surface area contributed by atoms with Gasteiger partial charge >= 0.3 is 0 Å². The summed E-state index contributed by atoms with van der Waals surface area (Å²) in [4.78, 5) is 0. The van der Waals surface area contributed by atoms with Crippen LogP contribution in [0.15, 0.2) is 133 Å². The Balaban J connectivity index is 1.10. The number of hydrogen-bond acceptors (Lipinski definition) is 1. The fourth-order valence-corrected chi connectivity index (χ4v) is 10.8. The van der Waals surface area contributed by atoms with E-state index < -0.39 is 0 Å². The molecule has 2 aliphatic carbocycles. The van der Waals surface area contributed by atoms with E-state index in [1.165, 1.54) is 108 Å². The predicted molar refractivity (Wildman–Crippen MR) is 212 cm³/mol. The molecule has 232 valence electrons. The van der Waals surface area contributed by atoms with E-state index >= 15 is 0 Å². The van der Waals surface area contributed by atoms with Gasteiger partial charge in [0.1, 0.15) is 0 Å². The van der Waals surface area contributed by atoms with E-state index in [9.17, 15) is 0 Å². The van der Waals surface area contributed by atoms with E-state index in [1.54, 1.807) is 0 Å². The molecule has 49 heavy (non-hydrogen) atoms. The fourth-order valence-electron chi connectivity index (χ4n) is 9.55. The van der Waals surface area contributed by atoms with E-state index in [-0.39, 0.29) is 10.8 Å². The average Bonchev–Trinajstić information content (AvgIpc) is 3.71. The van der Waals surface area contributed by atoms with Crippen LogP contribution in [0.2, 0.25) is 0 Å². The minimum atomic E-state index is -0.0555. The largest absolute Gasteiger partial charge is 0.135 e. The smallest absolute Gasteiger partial charge is 0.0433 e. The number of fused-ring (bicyclic) bond motifs is 9. The lowest BCUT2D eigenvalue weighted by molar-refractivity contribution is 0.660. The molecule has 8 aromatic carbocycles. The molecule has 1 aromatic heterocycles. The lowest BCUT2D eigenvalue weighted by Gasteiger charge is -2.21. The average molecular weight is 643 g/mol. The maximum absolute atomic E-state index is 2.46. The summed E-state index contributed by atoms with van der Waals surface area (Å²) in [7, 11) is 0. The molecule has 0 saturated heterocycles. The Morgan fingerprint density at radius 3 is 1.67 bits per heavy atom. The highest BCUT2D eigenvalue weighted by Gasteiger charge is 2.37. The Morgan fingerprint density at radius 2 is 0.918 bits per heavy atom. The van der Waals surface area contributed by atoms with Crippen LogP contribution in [-0.4, -0.2) is 0 Å². The van der Waals surface area contributed by atoms with Crippen LogP contribution in [0, 0.1) is 0 Å². The van der Waals surface area contributed by atoms with Crippen LogP contribution in [0.3, 0.4) is 0 Å². The minimum absolute atomic E-state index is 0.00306. The van der Waals surface area contributed by atoms with Gasteiger partial charge in [-0.1, -0.05) is 137 Å². The Kier molecular flexibility index (Phi) is 5.23. The Morgan fingerprint density at radius 1 is 0.367 bits per heavy atom. The first-order chi connectivity index (χ1) is 23.8. The van der Waals surface area contributed by atoms with Crippen molar-refractivity contribution in [2.24, 2.45) is 0 Å². The van der Waals surface area contributed by atoms with Gasteiger partial charge in [-0.2, -0.15) is 0 Å². The molecule has 0 nitrogen and oxygen atoms in total. The van der Waals surface area contributed by atoms with Crippen molar-refractivity contribution < 1.29 is 0 Å². The third-order valence-electron chi connectivity index (χ3n) is 12.1. The van der Waals surface area contributed by atoms with E-state index in [0.717, 1.165) is 0 Å². The standard InChI is InChI=1S/C48H34S/c1-47(2)39-22-19-28(27-18-21-31-33-12-8-15-41-44(33)45-34(36(31)24-27)13-9-16-42(45)48(41,3)4)25-37(39)38-26-29(20-23-40(38)47)30-11-7-14-35-32-10-5-6-17-43(32)49-46(30)35/h5-26H,1-4H3. The van der Waals surface area contributed by atoms with E-state index in [1.807, 2.05) is 11.3 Å². The number of hydrogen-bond donors (Lipinski definition) is 0. The van der Waals surface area contributed by atoms with E-state index in [2.05, 4.69) is 161 Å². The van der Waals surface area contributed by atoms with Crippen LogP contribution in [0.1, 0.15) is 49.9 Å². The second-order valence-corrected chi connectivity index (χ2v) is 16.3. The molecule has 0 bridgehead atoms. The molecule has 0 amide bonds. The normalized spacial score (nSPS) is 15.3. The third kappa shape index (κ3) is 3.49. The van der Waals surface area contributed by atoms with Crippen molar-refractivity contribution in [3.63, 3.8) is 0 Å². The summed E-state index contributed by atoms with van der Waals surface area (Å²) >= 11 is 1.91. The topological polar surface area (TPSA) is 0 Å². The quantitative estimate of drug-likeness (QED) is 0.165. The van der Waals surface area contributed by atoms with Gasteiger partial charge in [-0.25, -0.2) is 0 Å². The zero-order valence-corrected chi connectivity index (χ0v) is 28.9. The highest BCUT2D eigenvalue weighted by Crippen LogP contribution is 2.53. The van der Waals surface area contributed by atoms with Crippen molar-refractivity contribution in [1.29, 1.82) is 0 Å². The van der Waals surface area contributed by atoms with Crippen molar-refractivity contribution >= 4 is 63.8 Å². The lowest BCUT2D eigenvalue weighted by Crippen LogP contribution is -2.14. The van der Waals surface area contributed by atoms with Gasteiger partial charge in [-0.3, -0.25) is 0 Å². The highest BCUT2D eigenvalue weighted by molar-refractivity contribution is 7.26. The summed E-state index contributed by atoms with van der Waals surface area (Å²) in [6, 6.07) is 51.0. The minimum Gasteiger partial charge on any atom is -0.135 e. The van der Waals surface area contributed by atoms with Gasteiger partial charge in [0.05, 0.1) is 0 Å². The number of thiophene rings is 1. The zero-order valence-electron chi connectivity index (χ0n) is 28.1. The first-order valence-corrected chi connectivity index (χ1v) is 18.2. The molecule has 11 rings (SSSR count). The maximum Gasteiger partial charge on any atom is 0.0433 e. The van der Waals surface area contributed by atoms with Crippen LogP contribution in [0.5, 0.6) is 0 Å². The van der Waals surface area contributed by atoms with E-state index in [4.69, 9.17) is 0 Å². The lowest BCUT2D eigenvalue weighted by atomic mass is 9.82. The van der Waals surface area contributed by atoms with Crippen LogP contribution < -0.4 is 0 Å². The second kappa shape index (κ2) is 9.26. The molecule has 0 radical (unpaired) electrons. The molecule has 0 saturated carbocycles. The SMILES string of the molecule is CC1(C)c2ccc(-c3ccc4c(c3)c3cccc5c3c3c(cccc43)C5(C)C)cc2-c2cc(-c3cccc4c3sc3ccccc34)ccc21. The molecule has 0 fully saturated rings. The molecule has 0 N–H and O–H groups in total. The van der Waals surface area contributed by atoms with Gasteiger partial charge in [0.15, 0.2) is 0 Å². The van der Waals surface area contributed by atoms with Crippen molar-refractivity contribution in [2.75, 3.05) is 0 Å².